The highest BCUT2D eigenvalue weighted by molar-refractivity contribution is 5.86. The van der Waals surface area contributed by atoms with E-state index in [9.17, 15) is 4.79 Å². The highest BCUT2D eigenvalue weighted by Gasteiger charge is 2.28. The van der Waals surface area contributed by atoms with Crippen LogP contribution in [0.5, 0.6) is 0 Å². The maximum Gasteiger partial charge on any atom is 0.372 e. The Balaban J connectivity index is 1.77. The second kappa shape index (κ2) is 5.54. The predicted molar refractivity (Wildman–Crippen MR) is 67.6 cm³/mol. The first-order valence-electron chi connectivity index (χ1n) is 6.32. The molecule has 1 fully saturated rings. The van der Waals surface area contributed by atoms with Crippen molar-refractivity contribution in [3.63, 3.8) is 0 Å². The van der Waals surface area contributed by atoms with Gasteiger partial charge in [0.2, 0.25) is 5.76 Å². The lowest BCUT2D eigenvalue weighted by Crippen LogP contribution is -2.39. The average Bonchev–Trinajstić information content (AvgIpc) is 3.07. The molecule has 2 rings (SSSR count). The molecule has 0 amide bonds. The van der Waals surface area contributed by atoms with Crippen molar-refractivity contribution < 1.29 is 14.3 Å². The summed E-state index contributed by atoms with van der Waals surface area (Å²) in [7, 11) is 2.14. The molecule has 0 aliphatic heterocycles. The highest BCUT2D eigenvalue weighted by atomic mass is 16.4. The monoisotopic (exact) mass is 252 g/mol. The highest BCUT2D eigenvalue weighted by Crippen LogP contribution is 2.26. The summed E-state index contributed by atoms with van der Waals surface area (Å²) in [5.41, 5.74) is 0.698. The minimum atomic E-state index is -1.01. The van der Waals surface area contributed by atoms with Crippen LogP contribution in [0.1, 0.15) is 35.9 Å². The zero-order valence-electron chi connectivity index (χ0n) is 10.8. The smallest absolute Gasteiger partial charge is 0.372 e. The van der Waals surface area contributed by atoms with Crippen molar-refractivity contribution >= 4 is 5.97 Å². The minimum Gasteiger partial charge on any atom is -0.475 e. The second-order valence-corrected chi connectivity index (χ2v) is 4.96. The molecule has 0 spiro atoms. The number of hydrogen-bond acceptors (Lipinski definition) is 4. The van der Waals surface area contributed by atoms with Crippen LogP contribution in [0.3, 0.4) is 0 Å². The van der Waals surface area contributed by atoms with Crippen molar-refractivity contribution in [2.24, 2.45) is 0 Å². The number of aromatic carboxylic acids is 1. The van der Waals surface area contributed by atoms with E-state index in [0.29, 0.717) is 18.2 Å². The van der Waals surface area contributed by atoms with Gasteiger partial charge in [-0.3, -0.25) is 4.90 Å². The third-order valence-corrected chi connectivity index (χ3v) is 3.51. The molecule has 0 radical (unpaired) electrons. The number of furan rings is 1. The molecule has 1 aliphatic rings. The Labute approximate surface area is 107 Å². The molecule has 1 aromatic rings. The Kier molecular flexibility index (Phi) is 4.04. The SMILES string of the molecule is CC(CNCc1ccoc1C(=O)O)N(C)C1CC1. The van der Waals surface area contributed by atoms with Gasteiger partial charge in [-0.05, 0) is 32.9 Å². The summed E-state index contributed by atoms with van der Waals surface area (Å²) >= 11 is 0. The van der Waals surface area contributed by atoms with Gasteiger partial charge in [0.25, 0.3) is 0 Å². The van der Waals surface area contributed by atoms with Crippen LogP contribution in [0, 0.1) is 0 Å². The second-order valence-electron chi connectivity index (χ2n) is 4.96. The van der Waals surface area contributed by atoms with Crippen molar-refractivity contribution in [2.45, 2.75) is 38.4 Å². The fraction of sp³-hybridized carbons (Fsp3) is 0.615. The van der Waals surface area contributed by atoms with Gasteiger partial charge in [0.15, 0.2) is 0 Å². The molecule has 18 heavy (non-hydrogen) atoms. The van der Waals surface area contributed by atoms with Crippen LogP contribution in [0.25, 0.3) is 0 Å². The third kappa shape index (κ3) is 3.11. The van der Waals surface area contributed by atoms with Crippen molar-refractivity contribution in [1.82, 2.24) is 10.2 Å². The van der Waals surface area contributed by atoms with Crippen LogP contribution < -0.4 is 5.32 Å². The third-order valence-electron chi connectivity index (χ3n) is 3.51. The number of rotatable bonds is 7. The van der Waals surface area contributed by atoms with Crippen LogP contribution in [-0.4, -0.2) is 41.7 Å². The molecule has 2 N–H and O–H groups in total. The average molecular weight is 252 g/mol. The van der Waals surface area contributed by atoms with Gasteiger partial charge >= 0.3 is 5.97 Å². The van der Waals surface area contributed by atoms with Crippen molar-refractivity contribution in [3.8, 4) is 0 Å². The lowest BCUT2D eigenvalue weighted by molar-refractivity contribution is 0.0660. The van der Waals surface area contributed by atoms with E-state index in [2.05, 4.69) is 24.2 Å². The van der Waals surface area contributed by atoms with Gasteiger partial charge in [0, 0.05) is 30.7 Å². The Bertz CT molecular complexity index is 412. The van der Waals surface area contributed by atoms with Crippen LogP contribution in [-0.2, 0) is 6.54 Å². The Morgan fingerprint density at radius 2 is 2.39 bits per heavy atom. The summed E-state index contributed by atoms with van der Waals surface area (Å²) in [4.78, 5) is 13.2. The maximum absolute atomic E-state index is 10.9. The topological polar surface area (TPSA) is 65.7 Å². The van der Waals surface area contributed by atoms with Gasteiger partial charge in [-0.15, -0.1) is 0 Å². The van der Waals surface area contributed by atoms with Gasteiger partial charge < -0.3 is 14.8 Å². The van der Waals surface area contributed by atoms with E-state index < -0.39 is 5.97 Å². The summed E-state index contributed by atoms with van der Waals surface area (Å²) in [6, 6.07) is 2.90. The maximum atomic E-state index is 10.9. The van der Waals surface area contributed by atoms with Crippen molar-refractivity contribution in [2.75, 3.05) is 13.6 Å². The fourth-order valence-electron chi connectivity index (χ4n) is 2.06. The first kappa shape index (κ1) is 13.1. The molecule has 1 unspecified atom stereocenters. The predicted octanol–water partition coefficient (Wildman–Crippen LogP) is 1.55. The van der Waals surface area contributed by atoms with Crippen molar-refractivity contribution in [3.05, 3.63) is 23.7 Å². The molecular weight excluding hydrogens is 232 g/mol. The fourth-order valence-corrected chi connectivity index (χ4v) is 2.06. The van der Waals surface area contributed by atoms with Crippen LogP contribution >= 0.6 is 0 Å². The van der Waals surface area contributed by atoms with Gasteiger partial charge in [-0.25, -0.2) is 4.79 Å². The van der Waals surface area contributed by atoms with Gasteiger partial charge in [-0.1, -0.05) is 0 Å². The van der Waals surface area contributed by atoms with E-state index in [0.717, 1.165) is 12.6 Å². The van der Waals surface area contributed by atoms with E-state index in [1.54, 1.807) is 6.07 Å². The molecule has 0 saturated heterocycles. The summed E-state index contributed by atoms with van der Waals surface area (Å²) in [5.74, 6) is -0.981. The quantitative estimate of drug-likeness (QED) is 0.770. The standard InChI is InChI=1S/C13H20N2O3/c1-9(15(2)11-3-4-11)7-14-8-10-5-6-18-12(10)13(16)17/h5-6,9,11,14H,3-4,7-8H2,1-2H3,(H,16,17). The number of hydrogen-bond donors (Lipinski definition) is 2. The van der Waals surface area contributed by atoms with Gasteiger partial charge in [0.1, 0.15) is 0 Å². The molecular formula is C13H20N2O3. The van der Waals surface area contributed by atoms with Gasteiger partial charge in [0.05, 0.1) is 6.26 Å². The molecule has 5 heteroatoms. The summed E-state index contributed by atoms with van der Waals surface area (Å²) in [6.45, 7) is 3.55. The lowest BCUT2D eigenvalue weighted by Gasteiger charge is -2.24. The number of nitrogens with one attached hydrogen (secondary N) is 1. The Morgan fingerprint density at radius 3 is 3.00 bits per heavy atom. The van der Waals surface area contributed by atoms with Crippen LogP contribution in [0.15, 0.2) is 16.7 Å². The van der Waals surface area contributed by atoms with Gasteiger partial charge in [-0.2, -0.15) is 0 Å². The number of nitrogens with zero attached hydrogens (tertiary/aromatic N) is 1. The zero-order chi connectivity index (χ0) is 13.1. The zero-order valence-corrected chi connectivity index (χ0v) is 10.8. The van der Waals surface area contributed by atoms with Crippen molar-refractivity contribution in [1.29, 1.82) is 0 Å². The van der Waals surface area contributed by atoms with E-state index >= 15 is 0 Å². The molecule has 0 aromatic carbocycles. The molecule has 1 aliphatic carbocycles. The Morgan fingerprint density at radius 1 is 1.67 bits per heavy atom. The van der Waals surface area contributed by atoms with Crippen LogP contribution in [0.4, 0.5) is 0 Å². The molecule has 1 saturated carbocycles. The number of likely N-dealkylation sites (N-methyl/N-ethyl adjacent to an activating group) is 1. The first-order chi connectivity index (χ1) is 8.59. The molecule has 1 aromatic heterocycles. The normalized spacial score (nSPS) is 17.1. The summed E-state index contributed by atoms with van der Waals surface area (Å²) in [5, 5.41) is 12.2. The number of carboxylic acid groups (broad SMARTS) is 1. The summed E-state index contributed by atoms with van der Waals surface area (Å²) < 4.78 is 4.93. The molecule has 100 valence electrons. The minimum absolute atomic E-state index is 0.0331. The molecule has 5 nitrogen and oxygen atoms in total. The first-order valence-corrected chi connectivity index (χ1v) is 6.32. The molecule has 1 atom stereocenters. The van der Waals surface area contributed by atoms with E-state index in [1.165, 1.54) is 19.1 Å². The van der Waals surface area contributed by atoms with E-state index in [1.807, 2.05) is 0 Å². The largest absolute Gasteiger partial charge is 0.475 e. The summed E-state index contributed by atoms with van der Waals surface area (Å²) in [6.07, 6.45) is 4.01. The van der Waals surface area contributed by atoms with Crippen LogP contribution in [0.2, 0.25) is 0 Å². The lowest BCUT2D eigenvalue weighted by atomic mass is 10.2. The molecule has 1 heterocycles. The van der Waals surface area contributed by atoms with E-state index in [-0.39, 0.29) is 5.76 Å². The number of carboxylic acids is 1. The number of carbonyl (C=O) groups is 1. The molecule has 0 bridgehead atoms. The van der Waals surface area contributed by atoms with E-state index in [4.69, 9.17) is 9.52 Å². The Hall–Kier alpha value is -1.33.